The minimum Gasteiger partial charge on any atom is -0.384 e. The van der Waals surface area contributed by atoms with E-state index >= 15 is 0 Å². The van der Waals surface area contributed by atoms with Crippen LogP contribution in [-0.4, -0.2) is 37.8 Å². The number of aromatic nitrogens is 4. The van der Waals surface area contributed by atoms with E-state index in [0.29, 0.717) is 0 Å². The molecular weight excluding hydrogens is 695 g/mol. The standard InChI is InChI=1S/C22H32ClN3O.C15H17BrClN3/c1-6-10-22(27,11-7-2)20-17-9-8-12-26(21(17)24-25(20)5)19-16(4)13-15(3)14-18(19)23;1-9-7-10(2)13(12(17)8-9)20-6-4-5-11-14(16)19(3)18-15(11)20/h13-14,27H,6-12H2,1-5H3;7-8H,4-6H2,1-3H3. The van der Waals surface area contributed by atoms with Gasteiger partial charge in [-0.3, -0.25) is 9.36 Å². The summed E-state index contributed by atoms with van der Waals surface area (Å²) in [6.07, 6.45) is 7.57. The Hall–Kier alpha value is -2.52. The molecule has 0 radical (unpaired) electrons. The van der Waals surface area contributed by atoms with Crippen molar-refractivity contribution in [2.24, 2.45) is 14.1 Å². The molecule has 6 rings (SSSR count). The number of rotatable bonds is 7. The molecule has 0 atom stereocenters. The summed E-state index contributed by atoms with van der Waals surface area (Å²) in [7, 11) is 3.93. The lowest BCUT2D eigenvalue weighted by Crippen LogP contribution is -2.31. The second-order valence-corrected chi connectivity index (χ2v) is 14.9. The highest BCUT2D eigenvalue weighted by Gasteiger charge is 2.38. The molecule has 1 N–H and O–H groups in total. The molecule has 0 aliphatic carbocycles. The number of nitrogens with zero attached hydrogens (tertiary/aromatic N) is 6. The van der Waals surface area contributed by atoms with E-state index in [0.717, 1.165) is 113 Å². The Labute approximate surface area is 299 Å². The first-order valence-electron chi connectivity index (χ1n) is 16.9. The van der Waals surface area contributed by atoms with Crippen LogP contribution in [0, 0.1) is 27.7 Å². The smallest absolute Gasteiger partial charge is 0.159 e. The first-order valence-corrected chi connectivity index (χ1v) is 18.4. The minimum atomic E-state index is -0.812. The summed E-state index contributed by atoms with van der Waals surface area (Å²) in [4.78, 5) is 4.50. The van der Waals surface area contributed by atoms with Gasteiger partial charge in [0.2, 0.25) is 0 Å². The molecule has 2 aliphatic heterocycles. The highest BCUT2D eigenvalue weighted by atomic mass is 79.9. The van der Waals surface area contributed by atoms with Crippen LogP contribution in [0.25, 0.3) is 0 Å². The summed E-state index contributed by atoms with van der Waals surface area (Å²) >= 11 is 16.8. The van der Waals surface area contributed by atoms with E-state index in [2.05, 4.69) is 84.5 Å². The molecule has 0 bridgehead atoms. The van der Waals surface area contributed by atoms with Crippen molar-refractivity contribution in [2.75, 3.05) is 22.9 Å². The number of fused-ring (bicyclic) bond motifs is 2. The molecule has 0 amide bonds. The number of aliphatic hydroxyl groups is 1. The van der Waals surface area contributed by atoms with Crippen LogP contribution in [0.4, 0.5) is 23.0 Å². The summed E-state index contributed by atoms with van der Waals surface area (Å²) in [5.74, 6) is 1.98. The van der Waals surface area contributed by atoms with Crippen LogP contribution in [0.5, 0.6) is 0 Å². The molecular formula is C37H49BrCl2N6O. The zero-order valence-corrected chi connectivity index (χ0v) is 32.2. The zero-order valence-electron chi connectivity index (χ0n) is 29.1. The summed E-state index contributed by atoms with van der Waals surface area (Å²) in [6.45, 7) is 14.5. The highest BCUT2D eigenvalue weighted by molar-refractivity contribution is 9.10. The normalized spacial score (nSPS) is 14.6. The van der Waals surface area contributed by atoms with Gasteiger partial charge in [0.25, 0.3) is 0 Å². The Morgan fingerprint density at radius 2 is 1.19 bits per heavy atom. The summed E-state index contributed by atoms with van der Waals surface area (Å²) < 4.78 is 4.87. The van der Waals surface area contributed by atoms with Crippen molar-refractivity contribution in [3.05, 3.63) is 78.0 Å². The summed E-state index contributed by atoms with van der Waals surface area (Å²) in [6, 6.07) is 8.39. The molecule has 7 nitrogen and oxygen atoms in total. The van der Waals surface area contributed by atoms with Crippen molar-refractivity contribution in [1.29, 1.82) is 0 Å². The molecule has 4 heterocycles. The lowest BCUT2D eigenvalue weighted by Gasteiger charge is -2.33. The molecule has 4 aromatic rings. The van der Waals surface area contributed by atoms with Gasteiger partial charge in [-0.1, -0.05) is 62.0 Å². The van der Waals surface area contributed by atoms with Gasteiger partial charge in [0.1, 0.15) is 10.2 Å². The van der Waals surface area contributed by atoms with Crippen molar-refractivity contribution in [2.45, 2.75) is 98.5 Å². The predicted octanol–water partition coefficient (Wildman–Crippen LogP) is 10.1. The Morgan fingerprint density at radius 3 is 1.66 bits per heavy atom. The number of anilines is 4. The highest BCUT2D eigenvalue weighted by Crippen LogP contribution is 2.44. The van der Waals surface area contributed by atoms with Gasteiger partial charge in [-0.15, -0.1) is 0 Å². The maximum atomic E-state index is 11.5. The lowest BCUT2D eigenvalue weighted by atomic mass is 9.85. The van der Waals surface area contributed by atoms with E-state index in [9.17, 15) is 5.11 Å². The van der Waals surface area contributed by atoms with Gasteiger partial charge in [-0.2, -0.15) is 10.2 Å². The fourth-order valence-corrected chi connectivity index (χ4v) is 9.01. The molecule has 0 spiro atoms. The van der Waals surface area contributed by atoms with E-state index < -0.39 is 5.60 Å². The van der Waals surface area contributed by atoms with Crippen molar-refractivity contribution in [3.8, 4) is 0 Å². The van der Waals surface area contributed by atoms with Crippen molar-refractivity contribution in [1.82, 2.24) is 19.6 Å². The van der Waals surface area contributed by atoms with E-state index in [1.165, 1.54) is 27.8 Å². The van der Waals surface area contributed by atoms with Crippen molar-refractivity contribution >= 4 is 62.1 Å². The number of hydrogen-bond donors (Lipinski definition) is 1. The molecule has 10 heteroatoms. The van der Waals surface area contributed by atoms with Gasteiger partial charge >= 0.3 is 0 Å². The molecule has 2 aliphatic rings. The molecule has 2 aromatic heterocycles. The van der Waals surface area contributed by atoms with Crippen molar-refractivity contribution < 1.29 is 5.11 Å². The molecule has 0 saturated heterocycles. The fraction of sp³-hybridized carbons (Fsp3) is 0.514. The van der Waals surface area contributed by atoms with Gasteiger partial charge < -0.3 is 14.9 Å². The van der Waals surface area contributed by atoms with Crippen LogP contribution in [0.15, 0.2) is 28.9 Å². The molecule has 0 unspecified atom stereocenters. The van der Waals surface area contributed by atoms with Crippen LogP contribution in [0.3, 0.4) is 0 Å². The number of benzene rings is 2. The predicted molar refractivity (Wildman–Crippen MR) is 200 cm³/mol. The average molecular weight is 745 g/mol. The Balaban J connectivity index is 0.000000193. The third kappa shape index (κ3) is 6.99. The van der Waals surface area contributed by atoms with E-state index in [1.807, 2.05) is 35.6 Å². The van der Waals surface area contributed by atoms with Gasteiger partial charge in [-0.05, 0) is 117 Å². The molecule has 2 aromatic carbocycles. The zero-order chi connectivity index (χ0) is 34.2. The van der Waals surface area contributed by atoms with Gasteiger partial charge in [0, 0.05) is 38.3 Å². The van der Waals surface area contributed by atoms with Crippen LogP contribution >= 0.6 is 39.1 Å². The number of halogens is 3. The number of hydrogen-bond acceptors (Lipinski definition) is 5. The molecule has 47 heavy (non-hydrogen) atoms. The quantitative estimate of drug-likeness (QED) is 0.204. The van der Waals surface area contributed by atoms with Gasteiger partial charge in [-0.25, -0.2) is 0 Å². The van der Waals surface area contributed by atoms with E-state index in [4.69, 9.17) is 28.3 Å². The molecule has 0 saturated carbocycles. The minimum absolute atomic E-state index is 0.761. The largest absolute Gasteiger partial charge is 0.384 e. The number of aryl methyl sites for hydroxylation is 6. The van der Waals surface area contributed by atoms with Gasteiger partial charge in [0.05, 0.1) is 27.1 Å². The molecule has 254 valence electrons. The average Bonchev–Trinajstić information content (AvgIpc) is 3.49. The van der Waals surface area contributed by atoms with Crippen LogP contribution in [0.2, 0.25) is 10.0 Å². The topological polar surface area (TPSA) is 62.4 Å². The van der Waals surface area contributed by atoms with Gasteiger partial charge in [0.15, 0.2) is 11.6 Å². The van der Waals surface area contributed by atoms with E-state index in [-0.39, 0.29) is 0 Å². The monoisotopic (exact) mass is 742 g/mol. The summed E-state index contributed by atoms with van der Waals surface area (Å²) in [5.41, 5.74) is 9.49. The first kappa shape index (κ1) is 35.8. The Bertz CT molecular complexity index is 1710. The van der Waals surface area contributed by atoms with Crippen molar-refractivity contribution in [3.63, 3.8) is 0 Å². The van der Waals surface area contributed by atoms with E-state index in [1.54, 1.807) is 0 Å². The van der Waals surface area contributed by atoms with Crippen LogP contribution in [0.1, 0.15) is 91.4 Å². The maximum absolute atomic E-state index is 11.5. The molecule has 0 fully saturated rings. The summed E-state index contributed by atoms with van der Waals surface area (Å²) in [5, 5.41) is 22.6. The Kier molecular flexibility index (Phi) is 11.1. The van der Waals surface area contributed by atoms with Crippen LogP contribution in [-0.2, 0) is 32.5 Å². The second kappa shape index (κ2) is 14.5. The second-order valence-electron chi connectivity index (χ2n) is 13.4. The van der Waals surface area contributed by atoms with Crippen LogP contribution < -0.4 is 9.80 Å². The first-order chi connectivity index (χ1) is 22.3. The maximum Gasteiger partial charge on any atom is 0.159 e. The lowest BCUT2D eigenvalue weighted by molar-refractivity contribution is 0.00829. The fourth-order valence-electron chi connectivity index (χ4n) is 7.71. The SMILES string of the molecule is CCCC(O)(CCC)c1c2c(nn1C)N(c1c(C)cc(C)cc1Cl)CCC2.Cc1cc(C)c(N2CCCc3c2nn(C)c3Br)c(Cl)c1. The third-order valence-electron chi connectivity index (χ3n) is 9.40. The Morgan fingerprint density at radius 1 is 0.745 bits per heavy atom. The third-order valence-corrected chi connectivity index (χ3v) is 11.0.